The molecule has 4 aromatic rings. The molecule has 186 valence electrons. The smallest absolute Gasteiger partial charge is 0.231 e. The topological polar surface area (TPSA) is 92.3 Å². The molecular weight excluding hydrogens is 456 g/mol. The fourth-order valence-electron chi connectivity index (χ4n) is 6.08. The Morgan fingerprint density at radius 1 is 1.17 bits per heavy atom. The van der Waals surface area contributed by atoms with E-state index in [-0.39, 0.29) is 5.91 Å². The third-order valence-corrected chi connectivity index (χ3v) is 8.92. The molecule has 2 bridgehead atoms. The van der Waals surface area contributed by atoms with Gasteiger partial charge in [-0.3, -0.25) is 9.69 Å². The Morgan fingerprint density at radius 2 is 1.89 bits per heavy atom. The number of piperidine rings is 1. The molecule has 0 unspecified atom stereocenters. The number of pyridine rings is 1. The van der Waals surface area contributed by atoms with Gasteiger partial charge >= 0.3 is 0 Å². The third-order valence-electron chi connectivity index (χ3n) is 7.91. The first-order chi connectivity index (χ1) is 16.8. The Bertz CT molecular complexity index is 1360. The number of amides is 1. The van der Waals surface area contributed by atoms with Gasteiger partial charge in [-0.05, 0) is 80.0 Å². The highest BCUT2D eigenvalue weighted by molar-refractivity contribution is 7.17. The fraction of sp³-hybridized carbons (Fsp3) is 0.519. The number of nitrogens with two attached hydrogens (primary N) is 1. The number of H-pyrrole nitrogens is 1. The number of nitrogens with one attached hydrogen (secondary N) is 1. The number of nitrogens with zero attached hydrogens (tertiary/aromatic N) is 4. The molecule has 6 heterocycles. The maximum Gasteiger partial charge on any atom is 0.231 e. The van der Waals surface area contributed by atoms with Crippen LogP contribution in [0.25, 0.3) is 27.1 Å². The van der Waals surface area contributed by atoms with Crippen molar-refractivity contribution in [1.29, 1.82) is 0 Å². The Kier molecular flexibility index (Phi) is 6.44. The predicted molar refractivity (Wildman–Crippen MR) is 143 cm³/mol. The van der Waals surface area contributed by atoms with E-state index < -0.39 is 0 Å². The SMILES string of the molecule is Cc1c(-c2[nH]c3scc(C)c3c2C(C)C)cn2ncnc2c1C.NC(=O)CN1[C@@H]2CCC[C@H]1CC2. The molecule has 3 N–H and O–H groups in total. The van der Waals surface area contributed by atoms with Crippen LogP contribution in [-0.4, -0.2) is 49.0 Å². The van der Waals surface area contributed by atoms with Crippen LogP contribution in [0, 0.1) is 20.8 Å². The number of carbonyl (C=O) groups excluding carboxylic acids is 1. The molecule has 1 amide bonds. The first-order valence-corrected chi connectivity index (χ1v) is 13.6. The summed E-state index contributed by atoms with van der Waals surface area (Å²) in [5, 5.41) is 7.95. The van der Waals surface area contributed by atoms with E-state index >= 15 is 0 Å². The van der Waals surface area contributed by atoms with E-state index in [1.54, 1.807) is 17.7 Å². The van der Waals surface area contributed by atoms with Crippen LogP contribution >= 0.6 is 11.3 Å². The summed E-state index contributed by atoms with van der Waals surface area (Å²) in [5.74, 6) is 0.284. The number of fused-ring (bicyclic) bond motifs is 4. The minimum atomic E-state index is -0.172. The number of aromatic amines is 1. The Hall–Kier alpha value is -2.71. The Labute approximate surface area is 210 Å². The highest BCUT2D eigenvalue weighted by atomic mass is 32.1. The molecule has 2 fully saturated rings. The Morgan fingerprint density at radius 3 is 2.54 bits per heavy atom. The second kappa shape index (κ2) is 9.39. The van der Waals surface area contributed by atoms with E-state index in [2.05, 4.69) is 66.2 Å². The zero-order valence-electron chi connectivity index (χ0n) is 21.4. The Balaban J connectivity index is 0.000000178. The molecule has 2 atom stereocenters. The summed E-state index contributed by atoms with van der Waals surface area (Å²) in [5.41, 5.74) is 13.8. The van der Waals surface area contributed by atoms with Crippen molar-refractivity contribution in [1.82, 2.24) is 24.5 Å². The molecule has 6 rings (SSSR count). The molecule has 8 heteroatoms. The molecule has 35 heavy (non-hydrogen) atoms. The van der Waals surface area contributed by atoms with Gasteiger partial charge in [-0.1, -0.05) is 20.3 Å². The van der Waals surface area contributed by atoms with Crippen LogP contribution in [0.4, 0.5) is 0 Å². The summed E-state index contributed by atoms with van der Waals surface area (Å²) < 4.78 is 1.88. The lowest BCUT2D eigenvalue weighted by Crippen LogP contribution is -2.44. The highest BCUT2D eigenvalue weighted by Crippen LogP contribution is 2.41. The lowest BCUT2D eigenvalue weighted by Gasteiger charge is -2.33. The summed E-state index contributed by atoms with van der Waals surface area (Å²) in [6.07, 6.45) is 10.1. The van der Waals surface area contributed by atoms with Gasteiger partial charge in [-0.25, -0.2) is 9.50 Å². The molecule has 2 saturated heterocycles. The summed E-state index contributed by atoms with van der Waals surface area (Å²) in [6.45, 7) is 11.5. The van der Waals surface area contributed by atoms with E-state index in [1.807, 2.05) is 4.52 Å². The summed E-state index contributed by atoms with van der Waals surface area (Å²) in [7, 11) is 0. The van der Waals surface area contributed by atoms with Gasteiger partial charge in [0.2, 0.25) is 5.91 Å². The van der Waals surface area contributed by atoms with E-state index in [0.29, 0.717) is 24.5 Å². The van der Waals surface area contributed by atoms with Crippen LogP contribution in [0.3, 0.4) is 0 Å². The number of aromatic nitrogens is 4. The third kappa shape index (κ3) is 4.27. The van der Waals surface area contributed by atoms with E-state index in [1.165, 1.54) is 75.8 Å². The molecule has 0 spiro atoms. The van der Waals surface area contributed by atoms with Crippen molar-refractivity contribution >= 4 is 33.1 Å². The zero-order valence-corrected chi connectivity index (χ0v) is 22.2. The fourth-order valence-corrected chi connectivity index (χ4v) is 7.04. The maximum atomic E-state index is 10.8. The maximum absolute atomic E-state index is 10.8. The van der Waals surface area contributed by atoms with Gasteiger partial charge in [-0.2, -0.15) is 5.10 Å². The number of hydrogen-bond acceptors (Lipinski definition) is 5. The van der Waals surface area contributed by atoms with Gasteiger partial charge in [0, 0.05) is 29.2 Å². The van der Waals surface area contributed by atoms with Crippen molar-refractivity contribution in [2.24, 2.45) is 5.73 Å². The van der Waals surface area contributed by atoms with Gasteiger partial charge in [0.1, 0.15) is 11.2 Å². The molecule has 0 saturated carbocycles. The molecule has 2 aliphatic heterocycles. The van der Waals surface area contributed by atoms with Crippen molar-refractivity contribution in [3.8, 4) is 11.3 Å². The average Bonchev–Trinajstić information content (AvgIpc) is 3.55. The normalized spacial score (nSPS) is 20.1. The summed E-state index contributed by atoms with van der Waals surface area (Å²) in [4.78, 5) is 22.4. The summed E-state index contributed by atoms with van der Waals surface area (Å²) >= 11 is 1.79. The van der Waals surface area contributed by atoms with Crippen LogP contribution in [0.15, 0.2) is 17.9 Å². The number of rotatable bonds is 4. The molecule has 0 radical (unpaired) electrons. The van der Waals surface area contributed by atoms with Crippen LogP contribution in [0.1, 0.15) is 74.1 Å². The van der Waals surface area contributed by atoms with Gasteiger partial charge < -0.3 is 10.7 Å². The molecule has 0 aromatic carbocycles. The first-order valence-electron chi connectivity index (χ1n) is 12.7. The highest BCUT2D eigenvalue weighted by Gasteiger charge is 2.36. The predicted octanol–water partition coefficient (Wildman–Crippen LogP) is 5.48. The standard InChI is InChI=1S/C18H20N4S.C9H16N2O/c1-9(2)14-15-10(3)7-23-18(15)21-16(14)13-6-22-17(19-8-20-22)12(5)11(13)4;10-9(12)6-11-7-2-1-3-8(11)5-4-7/h6-9,21H,1-5H3;7-8H,1-6H2,(H2,10,12)/t;7-,8+. The molecule has 7 nitrogen and oxygen atoms in total. The molecular formula is C27H36N6OS. The minimum absolute atomic E-state index is 0.172. The number of hydrogen-bond donors (Lipinski definition) is 2. The zero-order chi connectivity index (χ0) is 24.9. The van der Waals surface area contributed by atoms with Crippen molar-refractivity contribution < 1.29 is 4.79 Å². The monoisotopic (exact) mass is 492 g/mol. The van der Waals surface area contributed by atoms with Gasteiger partial charge in [-0.15, -0.1) is 11.3 Å². The van der Waals surface area contributed by atoms with Gasteiger partial charge in [0.15, 0.2) is 5.65 Å². The second-order valence-corrected chi connectivity index (χ2v) is 11.3. The molecule has 2 aliphatic rings. The van der Waals surface area contributed by atoms with Crippen molar-refractivity contribution in [3.63, 3.8) is 0 Å². The van der Waals surface area contributed by atoms with Crippen molar-refractivity contribution in [2.75, 3.05) is 6.54 Å². The summed E-state index contributed by atoms with van der Waals surface area (Å²) in [6, 6.07) is 1.33. The number of aryl methyl sites for hydroxylation is 2. The van der Waals surface area contributed by atoms with Gasteiger partial charge in [0.05, 0.1) is 12.2 Å². The average molecular weight is 493 g/mol. The van der Waals surface area contributed by atoms with Crippen molar-refractivity contribution in [3.05, 3.63) is 40.2 Å². The first kappa shape index (κ1) is 24.0. The molecule has 4 aromatic heterocycles. The lowest BCUT2D eigenvalue weighted by atomic mass is 9.93. The molecule has 0 aliphatic carbocycles. The van der Waals surface area contributed by atoms with Crippen molar-refractivity contribution in [2.45, 2.75) is 84.7 Å². The van der Waals surface area contributed by atoms with E-state index in [0.717, 1.165) is 5.65 Å². The van der Waals surface area contributed by atoms with Crippen LogP contribution < -0.4 is 5.73 Å². The largest absolute Gasteiger partial charge is 0.369 e. The van der Waals surface area contributed by atoms with Crippen LogP contribution in [-0.2, 0) is 4.79 Å². The van der Waals surface area contributed by atoms with Gasteiger partial charge in [0.25, 0.3) is 0 Å². The minimum Gasteiger partial charge on any atom is -0.369 e. The number of thiophene rings is 1. The van der Waals surface area contributed by atoms with Crippen LogP contribution in [0.5, 0.6) is 0 Å². The van der Waals surface area contributed by atoms with E-state index in [9.17, 15) is 4.79 Å². The quantitative estimate of drug-likeness (QED) is 0.395. The lowest BCUT2D eigenvalue weighted by molar-refractivity contribution is -0.120. The number of primary amides is 1. The second-order valence-electron chi connectivity index (χ2n) is 10.5. The van der Waals surface area contributed by atoms with E-state index in [4.69, 9.17) is 5.73 Å². The number of carbonyl (C=O) groups is 1. The van der Waals surface area contributed by atoms with Crippen LogP contribution in [0.2, 0.25) is 0 Å².